The van der Waals surface area contributed by atoms with Crippen LogP contribution in [0.15, 0.2) is 60.7 Å². The highest BCUT2D eigenvalue weighted by atomic mass is 19.1. The van der Waals surface area contributed by atoms with Crippen LogP contribution in [0.4, 0.5) is 10.1 Å². The van der Waals surface area contributed by atoms with E-state index in [2.05, 4.69) is 0 Å². The second-order valence-electron chi connectivity index (χ2n) is 7.73. The number of ketones is 1. The minimum absolute atomic E-state index is 0.191. The van der Waals surface area contributed by atoms with Crippen LogP contribution in [0, 0.1) is 5.82 Å². The second-order valence-corrected chi connectivity index (χ2v) is 7.73. The molecular weight excluding hydrogens is 411 g/mol. The standard InChI is InChI=1S/C25H23FN2O4/c1-17(29)19-8-9-23(22(26)15-19)27-10-12-28(13-11-27)24(30)16-32-25(31)21-7-6-18-4-2-3-5-20(18)14-21/h2-9,14-15H,10-13,16H2,1H3. The zero-order chi connectivity index (χ0) is 22.7. The number of hydrogen-bond donors (Lipinski definition) is 0. The fraction of sp³-hybridized carbons (Fsp3) is 0.240. The number of amides is 1. The molecule has 164 valence electrons. The molecule has 0 radical (unpaired) electrons. The molecule has 3 aromatic rings. The third kappa shape index (κ3) is 4.61. The highest BCUT2D eigenvalue weighted by Gasteiger charge is 2.24. The summed E-state index contributed by atoms with van der Waals surface area (Å²) in [6.07, 6.45) is 0. The SMILES string of the molecule is CC(=O)c1ccc(N2CCN(C(=O)COC(=O)c3ccc4ccccc4c3)CC2)c(F)c1. The fourth-order valence-corrected chi connectivity index (χ4v) is 3.80. The summed E-state index contributed by atoms with van der Waals surface area (Å²) in [6, 6.07) is 17.4. The number of esters is 1. The molecule has 0 bridgehead atoms. The van der Waals surface area contributed by atoms with Gasteiger partial charge in [0.15, 0.2) is 12.4 Å². The quantitative estimate of drug-likeness (QED) is 0.453. The lowest BCUT2D eigenvalue weighted by molar-refractivity contribution is -0.134. The van der Waals surface area contributed by atoms with Crippen molar-refractivity contribution < 1.29 is 23.5 Å². The predicted octanol–water partition coefficient (Wildman–Crippen LogP) is 3.69. The van der Waals surface area contributed by atoms with E-state index in [9.17, 15) is 18.8 Å². The van der Waals surface area contributed by atoms with E-state index in [-0.39, 0.29) is 18.3 Å². The molecule has 1 amide bonds. The Hall–Kier alpha value is -3.74. The summed E-state index contributed by atoms with van der Waals surface area (Å²) in [4.78, 5) is 39.7. The van der Waals surface area contributed by atoms with Crippen molar-refractivity contribution in [1.29, 1.82) is 0 Å². The van der Waals surface area contributed by atoms with Crippen molar-refractivity contribution in [1.82, 2.24) is 4.90 Å². The Bertz CT molecular complexity index is 1190. The summed E-state index contributed by atoms with van der Waals surface area (Å²) >= 11 is 0. The summed E-state index contributed by atoms with van der Waals surface area (Å²) in [5, 5.41) is 1.94. The number of fused-ring (bicyclic) bond motifs is 1. The number of piperazine rings is 1. The second kappa shape index (κ2) is 9.18. The molecule has 0 aromatic heterocycles. The van der Waals surface area contributed by atoms with Crippen LogP contribution >= 0.6 is 0 Å². The third-order valence-electron chi connectivity index (χ3n) is 5.64. The molecule has 7 heteroatoms. The Morgan fingerprint density at radius 1 is 0.875 bits per heavy atom. The van der Waals surface area contributed by atoms with Gasteiger partial charge in [-0.15, -0.1) is 0 Å². The fourth-order valence-electron chi connectivity index (χ4n) is 3.80. The van der Waals surface area contributed by atoms with Crippen LogP contribution in [0.5, 0.6) is 0 Å². The molecule has 1 aliphatic rings. The van der Waals surface area contributed by atoms with Crippen molar-refractivity contribution in [2.75, 3.05) is 37.7 Å². The molecule has 0 saturated carbocycles. The van der Waals surface area contributed by atoms with Gasteiger partial charge in [0.05, 0.1) is 11.3 Å². The summed E-state index contributed by atoms with van der Waals surface area (Å²) in [5.74, 6) is -1.48. The third-order valence-corrected chi connectivity index (χ3v) is 5.64. The Morgan fingerprint density at radius 2 is 1.56 bits per heavy atom. The summed E-state index contributed by atoms with van der Waals surface area (Å²) in [6.45, 7) is 2.72. The first-order valence-electron chi connectivity index (χ1n) is 10.4. The molecule has 1 heterocycles. The zero-order valence-corrected chi connectivity index (χ0v) is 17.7. The normalized spacial score (nSPS) is 13.8. The van der Waals surface area contributed by atoms with Gasteiger partial charge in [-0.25, -0.2) is 9.18 Å². The van der Waals surface area contributed by atoms with Crippen molar-refractivity contribution in [3.05, 3.63) is 77.6 Å². The maximum Gasteiger partial charge on any atom is 0.338 e. The van der Waals surface area contributed by atoms with Gasteiger partial charge in [-0.2, -0.15) is 0 Å². The number of carbonyl (C=O) groups is 3. The minimum atomic E-state index is -0.546. The molecular formula is C25H23FN2O4. The first kappa shape index (κ1) is 21.5. The van der Waals surface area contributed by atoms with E-state index in [1.807, 2.05) is 35.2 Å². The predicted molar refractivity (Wildman–Crippen MR) is 119 cm³/mol. The molecule has 0 spiro atoms. The highest BCUT2D eigenvalue weighted by molar-refractivity contribution is 5.96. The average Bonchev–Trinajstić information content (AvgIpc) is 2.82. The average molecular weight is 434 g/mol. The van der Waals surface area contributed by atoms with Crippen LogP contribution in [0.25, 0.3) is 10.8 Å². The van der Waals surface area contributed by atoms with Crippen molar-refractivity contribution in [3.63, 3.8) is 0 Å². The molecule has 1 fully saturated rings. The van der Waals surface area contributed by atoms with Crippen LogP contribution < -0.4 is 4.90 Å². The van der Waals surface area contributed by atoms with Gasteiger partial charge in [0, 0.05) is 31.7 Å². The van der Waals surface area contributed by atoms with Crippen LogP contribution in [-0.4, -0.2) is 55.3 Å². The Kier molecular flexibility index (Phi) is 6.16. The number of halogens is 1. The van der Waals surface area contributed by atoms with Gasteiger partial charge in [0.25, 0.3) is 5.91 Å². The van der Waals surface area contributed by atoms with Gasteiger partial charge in [-0.1, -0.05) is 30.3 Å². The minimum Gasteiger partial charge on any atom is -0.452 e. The summed E-state index contributed by atoms with van der Waals surface area (Å²) < 4.78 is 19.6. The van der Waals surface area contributed by atoms with Gasteiger partial charge in [-0.05, 0) is 48.0 Å². The van der Waals surface area contributed by atoms with Gasteiger partial charge < -0.3 is 14.5 Å². The van der Waals surface area contributed by atoms with Gasteiger partial charge in [-0.3, -0.25) is 9.59 Å². The van der Waals surface area contributed by atoms with Crippen LogP contribution in [0.2, 0.25) is 0 Å². The number of benzene rings is 3. The molecule has 6 nitrogen and oxygen atoms in total. The van der Waals surface area contributed by atoms with Gasteiger partial charge >= 0.3 is 5.97 Å². The van der Waals surface area contributed by atoms with Crippen LogP contribution in [0.1, 0.15) is 27.6 Å². The Morgan fingerprint density at radius 3 is 2.25 bits per heavy atom. The summed E-state index contributed by atoms with van der Waals surface area (Å²) in [7, 11) is 0. The van der Waals surface area contributed by atoms with E-state index < -0.39 is 11.8 Å². The molecule has 0 aliphatic carbocycles. The lowest BCUT2D eigenvalue weighted by Crippen LogP contribution is -2.50. The van der Waals surface area contributed by atoms with Gasteiger partial charge in [0.1, 0.15) is 5.82 Å². The molecule has 0 atom stereocenters. The van der Waals surface area contributed by atoms with E-state index in [0.29, 0.717) is 43.0 Å². The van der Waals surface area contributed by atoms with Crippen molar-refractivity contribution in [3.8, 4) is 0 Å². The Labute approximate surface area is 185 Å². The smallest absolute Gasteiger partial charge is 0.338 e. The maximum atomic E-state index is 14.4. The first-order valence-corrected chi connectivity index (χ1v) is 10.4. The molecule has 3 aromatic carbocycles. The zero-order valence-electron chi connectivity index (χ0n) is 17.7. The molecule has 1 aliphatic heterocycles. The van der Waals surface area contributed by atoms with Gasteiger partial charge in [0.2, 0.25) is 0 Å². The lowest BCUT2D eigenvalue weighted by atomic mass is 10.1. The molecule has 1 saturated heterocycles. The summed E-state index contributed by atoms with van der Waals surface area (Å²) in [5.41, 5.74) is 1.13. The number of carbonyl (C=O) groups excluding carboxylic acids is 3. The van der Waals surface area contributed by atoms with Crippen molar-refractivity contribution in [2.24, 2.45) is 0 Å². The van der Waals surface area contributed by atoms with Crippen LogP contribution in [0.3, 0.4) is 0 Å². The number of rotatable bonds is 5. The number of hydrogen-bond acceptors (Lipinski definition) is 5. The van der Waals surface area contributed by atoms with E-state index in [1.165, 1.54) is 13.0 Å². The Balaban J connectivity index is 1.30. The number of Topliss-reactive ketones (excluding diaryl/α,β-unsaturated/α-hetero) is 1. The largest absolute Gasteiger partial charge is 0.452 e. The number of nitrogens with zero attached hydrogens (tertiary/aromatic N) is 2. The van der Waals surface area contributed by atoms with Crippen molar-refractivity contribution >= 4 is 34.1 Å². The van der Waals surface area contributed by atoms with E-state index in [4.69, 9.17) is 4.74 Å². The van der Waals surface area contributed by atoms with E-state index >= 15 is 0 Å². The maximum absolute atomic E-state index is 14.4. The van der Waals surface area contributed by atoms with Crippen molar-refractivity contribution in [2.45, 2.75) is 6.92 Å². The molecule has 4 rings (SSSR count). The van der Waals surface area contributed by atoms with E-state index in [0.717, 1.165) is 10.8 Å². The number of anilines is 1. The van der Waals surface area contributed by atoms with E-state index in [1.54, 1.807) is 29.2 Å². The lowest BCUT2D eigenvalue weighted by Gasteiger charge is -2.36. The topological polar surface area (TPSA) is 66.9 Å². The molecule has 32 heavy (non-hydrogen) atoms. The number of ether oxygens (including phenoxy) is 1. The molecule has 0 N–H and O–H groups in total. The van der Waals surface area contributed by atoms with Crippen LogP contribution in [-0.2, 0) is 9.53 Å². The molecule has 0 unspecified atom stereocenters. The highest BCUT2D eigenvalue weighted by Crippen LogP contribution is 2.22. The monoisotopic (exact) mass is 434 g/mol. The first-order chi connectivity index (χ1) is 15.4.